The van der Waals surface area contributed by atoms with Gasteiger partial charge in [-0.05, 0) is 56.2 Å². The number of hydrogen-bond donors (Lipinski definition) is 1. The number of anilines is 1. The lowest BCUT2D eigenvalue weighted by molar-refractivity contribution is -0.140. The number of rotatable bonds is 14. The maximum absolute atomic E-state index is 14.3. The Kier molecular flexibility index (Phi) is 11.7. The zero-order valence-electron chi connectivity index (χ0n) is 25.2. The minimum Gasteiger partial charge on any atom is -0.495 e. The number of halogens is 1. The van der Waals surface area contributed by atoms with E-state index in [1.165, 1.54) is 56.6 Å². The summed E-state index contributed by atoms with van der Waals surface area (Å²) in [5, 5.41) is 3.03. The Balaban J connectivity index is 2.18. The molecule has 1 N–H and O–H groups in total. The van der Waals surface area contributed by atoms with Crippen molar-refractivity contribution in [2.45, 2.75) is 44.7 Å². The number of ether oxygens (including phenoxy) is 3. The van der Waals surface area contributed by atoms with E-state index in [1.54, 1.807) is 19.9 Å². The second-order valence-electron chi connectivity index (χ2n) is 9.67. The van der Waals surface area contributed by atoms with E-state index in [2.05, 4.69) is 5.32 Å². The third kappa shape index (κ3) is 7.91. The maximum Gasteiger partial charge on any atom is 0.265 e. The number of hydrogen-bond acceptors (Lipinski definition) is 7. The number of methoxy groups -OCH3 is 3. The topological polar surface area (TPSA) is 114 Å². The SMILES string of the molecule is CCNC(=O)[C@@H](CC)N(Cc1cccc(C)c1)C(=O)CN(c1cc(Cl)ccc1OC)S(=O)(=O)c1ccc(OC)c(OC)c1. The number of sulfonamides is 1. The molecule has 232 valence electrons. The van der Waals surface area contributed by atoms with Crippen molar-refractivity contribution in [2.75, 3.05) is 38.7 Å². The van der Waals surface area contributed by atoms with Crippen molar-refractivity contribution in [2.24, 2.45) is 0 Å². The van der Waals surface area contributed by atoms with Crippen molar-refractivity contribution in [3.8, 4) is 17.2 Å². The highest BCUT2D eigenvalue weighted by molar-refractivity contribution is 7.92. The number of carbonyl (C=O) groups is 2. The van der Waals surface area contributed by atoms with E-state index in [4.69, 9.17) is 25.8 Å². The number of amides is 2. The van der Waals surface area contributed by atoms with Gasteiger partial charge in [-0.3, -0.25) is 13.9 Å². The lowest BCUT2D eigenvalue weighted by Crippen LogP contribution is -2.52. The molecule has 0 unspecified atom stereocenters. The molecule has 0 aliphatic carbocycles. The van der Waals surface area contributed by atoms with Gasteiger partial charge in [0.05, 0.1) is 31.9 Å². The first kappa shape index (κ1) is 33.5. The summed E-state index contributed by atoms with van der Waals surface area (Å²) in [6, 6.07) is 15.4. The highest BCUT2D eigenvalue weighted by Crippen LogP contribution is 2.37. The van der Waals surface area contributed by atoms with Crippen LogP contribution in [-0.2, 0) is 26.2 Å². The molecule has 3 rings (SSSR count). The van der Waals surface area contributed by atoms with Crippen molar-refractivity contribution < 1.29 is 32.2 Å². The second kappa shape index (κ2) is 15.0. The van der Waals surface area contributed by atoms with Gasteiger partial charge in [-0.15, -0.1) is 0 Å². The Labute approximate surface area is 258 Å². The summed E-state index contributed by atoms with van der Waals surface area (Å²) < 4.78 is 45.6. The highest BCUT2D eigenvalue weighted by Gasteiger charge is 2.35. The van der Waals surface area contributed by atoms with E-state index >= 15 is 0 Å². The monoisotopic (exact) mass is 631 g/mol. The van der Waals surface area contributed by atoms with Crippen molar-refractivity contribution >= 4 is 39.1 Å². The first-order chi connectivity index (χ1) is 20.5. The quantitative estimate of drug-likeness (QED) is 0.271. The van der Waals surface area contributed by atoms with Crippen LogP contribution < -0.4 is 23.8 Å². The van der Waals surface area contributed by atoms with Gasteiger partial charge >= 0.3 is 0 Å². The summed E-state index contributed by atoms with van der Waals surface area (Å²) in [6.07, 6.45) is 0.312. The van der Waals surface area contributed by atoms with Gasteiger partial charge in [0.1, 0.15) is 18.3 Å². The molecule has 0 aliphatic rings. The van der Waals surface area contributed by atoms with Gasteiger partial charge < -0.3 is 24.4 Å². The molecule has 0 fully saturated rings. The predicted molar refractivity (Wildman–Crippen MR) is 167 cm³/mol. The first-order valence-electron chi connectivity index (χ1n) is 13.7. The van der Waals surface area contributed by atoms with Gasteiger partial charge in [0.25, 0.3) is 10.0 Å². The van der Waals surface area contributed by atoms with Gasteiger partial charge in [0, 0.05) is 24.2 Å². The van der Waals surface area contributed by atoms with Crippen molar-refractivity contribution in [3.05, 3.63) is 76.8 Å². The Morgan fingerprint density at radius 3 is 2.19 bits per heavy atom. The highest BCUT2D eigenvalue weighted by atomic mass is 35.5. The van der Waals surface area contributed by atoms with E-state index < -0.39 is 28.5 Å². The molecule has 2 amide bonds. The van der Waals surface area contributed by atoms with Crippen LogP contribution in [0.15, 0.2) is 65.6 Å². The minimum absolute atomic E-state index is 0.0553. The molecule has 0 spiro atoms. The molecule has 0 saturated carbocycles. The molecule has 3 aromatic rings. The zero-order chi connectivity index (χ0) is 31.7. The molecule has 10 nitrogen and oxygen atoms in total. The average molecular weight is 632 g/mol. The Bertz CT molecular complexity index is 1550. The first-order valence-corrected chi connectivity index (χ1v) is 15.5. The van der Waals surface area contributed by atoms with Crippen LogP contribution in [0.4, 0.5) is 5.69 Å². The normalized spacial score (nSPS) is 11.8. The zero-order valence-corrected chi connectivity index (χ0v) is 26.8. The van der Waals surface area contributed by atoms with Gasteiger partial charge in [-0.25, -0.2) is 8.42 Å². The van der Waals surface area contributed by atoms with Crippen LogP contribution in [0.2, 0.25) is 5.02 Å². The summed E-state index contributed by atoms with van der Waals surface area (Å²) in [6.45, 7) is 5.35. The summed E-state index contributed by atoms with van der Waals surface area (Å²) in [5.41, 5.74) is 1.84. The third-order valence-corrected chi connectivity index (χ3v) is 8.79. The second-order valence-corrected chi connectivity index (χ2v) is 12.0. The molecule has 0 aliphatic heterocycles. The molecule has 1 atom stereocenters. The fourth-order valence-electron chi connectivity index (χ4n) is 4.69. The lowest BCUT2D eigenvalue weighted by atomic mass is 10.1. The Hall–Kier alpha value is -3.96. The van der Waals surface area contributed by atoms with E-state index in [0.29, 0.717) is 18.7 Å². The Morgan fingerprint density at radius 1 is 0.907 bits per heavy atom. The van der Waals surface area contributed by atoms with E-state index in [1.807, 2.05) is 31.2 Å². The van der Waals surface area contributed by atoms with Gasteiger partial charge in [-0.1, -0.05) is 48.4 Å². The fraction of sp³-hybridized carbons (Fsp3) is 0.355. The smallest absolute Gasteiger partial charge is 0.265 e. The van der Waals surface area contributed by atoms with E-state index in [9.17, 15) is 18.0 Å². The van der Waals surface area contributed by atoms with Gasteiger partial charge in [0.2, 0.25) is 11.8 Å². The number of likely N-dealkylation sites (N-methyl/N-ethyl adjacent to an activating group) is 1. The number of nitrogens with zero attached hydrogens (tertiary/aromatic N) is 2. The molecule has 0 heterocycles. The van der Waals surface area contributed by atoms with Crippen LogP contribution in [0.5, 0.6) is 17.2 Å². The maximum atomic E-state index is 14.3. The summed E-state index contributed by atoms with van der Waals surface area (Å²) in [5.74, 6) is -0.216. The van der Waals surface area contributed by atoms with Crippen LogP contribution in [0.25, 0.3) is 0 Å². The average Bonchev–Trinajstić information content (AvgIpc) is 2.99. The Morgan fingerprint density at radius 2 is 1.58 bits per heavy atom. The number of carbonyl (C=O) groups excluding carboxylic acids is 2. The molecule has 12 heteroatoms. The fourth-order valence-corrected chi connectivity index (χ4v) is 6.29. The van der Waals surface area contributed by atoms with Gasteiger partial charge in [0.15, 0.2) is 11.5 Å². The molecule has 3 aromatic carbocycles. The summed E-state index contributed by atoms with van der Waals surface area (Å²) >= 11 is 6.31. The number of nitrogens with one attached hydrogen (secondary N) is 1. The van der Waals surface area contributed by atoms with Crippen molar-refractivity contribution in [1.82, 2.24) is 10.2 Å². The van der Waals surface area contributed by atoms with E-state index in [0.717, 1.165) is 15.4 Å². The van der Waals surface area contributed by atoms with Crippen LogP contribution in [0, 0.1) is 6.92 Å². The molecule has 43 heavy (non-hydrogen) atoms. The predicted octanol–water partition coefficient (Wildman–Crippen LogP) is 4.81. The number of benzene rings is 3. The standard InChI is InChI=1S/C31H38ClN3O7S/c1-7-25(31(37)33-8-2)34(19-22-11-9-10-21(3)16-22)30(36)20-35(26-17-23(32)12-14-27(26)40-4)43(38,39)24-13-15-28(41-5)29(18-24)42-6/h9-18,25H,7-8,19-20H2,1-6H3,(H,33,37)/t25-/m1/s1. The van der Waals surface area contributed by atoms with Crippen LogP contribution in [0.1, 0.15) is 31.4 Å². The third-order valence-electron chi connectivity index (χ3n) is 6.80. The summed E-state index contributed by atoms with van der Waals surface area (Å²) in [4.78, 5) is 28.6. The molecule has 0 saturated heterocycles. The van der Waals surface area contributed by atoms with Gasteiger partial charge in [-0.2, -0.15) is 0 Å². The van der Waals surface area contributed by atoms with Crippen LogP contribution in [0.3, 0.4) is 0 Å². The lowest BCUT2D eigenvalue weighted by Gasteiger charge is -2.33. The van der Waals surface area contributed by atoms with Crippen LogP contribution >= 0.6 is 11.6 Å². The molecular weight excluding hydrogens is 594 g/mol. The number of aryl methyl sites for hydroxylation is 1. The largest absolute Gasteiger partial charge is 0.495 e. The van der Waals surface area contributed by atoms with Crippen molar-refractivity contribution in [1.29, 1.82) is 0 Å². The summed E-state index contributed by atoms with van der Waals surface area (Å²) in [7, 11) is -0.196. The minimum atomic E-state index is -4.42. The van der Waals surface area contributed by atoms with Crippen LogP contribution in [-0.4, -0.2) is 65.6 Å². The van der Waals surface area contributed by atoms with E-state index in [-0.39, 0.29) is 39.6 Å². The molecule has 0 radical (unpaired) electrons. The van der Waals surface area contributed by atoms with Crippen molar-refractivity contribution in [3.63, 3.8) is 0 Å². The molecular formula is C31H38ClN3O7S. The molecule has 0 bridgehead atoms. The molecule has 0 aromatic heterocycles.